The smallest absolute Gasteiger partial charge is 0.135 e. The molecule has 3 nitrogen and oxygen atoms in total. The van der Waals surface area contributed by atoms with E-state index in [2.05, 4.69) is 5.32 Å². The van der Waals surface area contributed by atoms with Crippen molar-refractivity contribution < 1.29 is 13.9 Å². The summed E-state index contributed by atoms with van der Waals surface area (Å²) in [6.07, 6.45) is 1.73. The normalized spacial score (nSPS) is 20.4. The third-order valence-electron chi connectivity index (χ3n) is 3.02. The third kappa shape index (κ3) is 3.03. The van der Waals surface area contributed by atoms with E-state index in [1.807, 2.05) is 0 Å². The molecule has 1 heterocycles. The fraction of sp³-hybridized carbons (Fsp3) is 0.462. The number of ether oxygens (including phenoxy) is 1. The van der Waals surface area contributed by atoms with Crippen molar-refractivity contribution in [3.8, 4) is 5.75 Å². The molecule has 0 radical (unpaired) electrons. The van der Waals surface area contributed by atoms with Gasteiger partial charge in [0.1, 0.15) is 17.3 Å². The second kappa shape index (κ2) is 5.27. The quantitative estimate of drug-likeness (QED) is 0.869. The minimum Gasteiger partial charge on any atom is -0.496 e. The number of hydrogen-bond donors (Lipinski definition) is 1. The number of Topliss-reactive ketones (excluding diaryl/α,β-unsaturated/α-hetero) is 1. The van der Waals surface area contributed by atoms with Gasteiger partial charge in [0.25, 0.3) is 0 Å². The van der Waals surface area contributed by atoms with Gasteiger partial charge in [-0.2, -0.15) is 0 Å². The van der Waals surface area contributed by atoms with Crippen LogP contribution in [0, 0.1) is 5.82 Å². The Hall–Kier alpha value is -1.42. The zero-order valence-electron chi connectivity index (χ0n) is 9.83. The Morgan fingerprint density at radius 1 is 1.53 bits per heavy atom. The van der Waals surface area contributed by atoms with Crippen LogP contribution >= 0.6 is 0 Å². The van der Waals surface area contributed by atoms with Gasteiger partial charge in [-0.15, -0.1) is 0 Å². The van der Waals surface area contributed by atoms with Crippen LogP contribution in [0.2, 0.25) is 0 Å². The van der Waals surface area contributed by atoms with Crippen LogP contribution in [0.1, 0.15) is 18.4 Å². The Balaban J connectivity index is 2.11. The summed E-state index contributed by atoms with van der Waals surface area (Å²) in [4.78, 5) is 11.3. The summed E-state index contributed by atoms with van der Waals surface area (Å²) in [6.45, 7) is 0.709. The van der Waals surface area contributed by atoms with Gasteiger partial charge in [-0.25, -0.2) is 4.39 Å². The zero-order valence-corrected chi connectivity index (χ0v) is 9.83. The number of nitrogens with one attached hydrogen (secondary N) is 1. The van der Waals surface area contributed by atoms with Gasteiger partial charge in [0, 0.05) is 25.4 Å². The number of halogens is 1. The van der Waals surface area contributed by atoms with Crippen molar-refractivity contribution in [2.45, 2.75) is 25.3 Å². The van der Waals surface area contributed by atoms with E-state index in [1.54, 1.807) is 13.2 Å². The molecule has 17 heavy (non-hydrogen) atoms. The Morgan fingerprint density at radius 2 is 2.35 bits per heavy atom. The Morgan fingerprint density at radius 3 is 3.06 bits per heavy atom. The van der Waals surface area contributed by atoms with Gasteiger partial charge in [0.05, 0.1) is 7.11 Å². The Kier molecular flexibility index (Phi) is 3.74. The molecular weight excluding hydrogens is 221 g/mol. The third-order valence-corrected chi connectivity index (χ3v) is 3.02. The second-order valence-electron chi connectivity index (χ2n) is 4.30. The van der Waals surface area contributed by atoms with Crippen molar-refractivity contribution >= 4 is 5.78 Å². The molecule has 1 aromatic carbocycles. The van der Waals surface area contributed by atoms with E-state index in [0.29, 0.717) is 31.6 Å². The van der Waals surface area contributed by atoms with Gasteiger partial charge in [0.15, 0.2) is 0 Å². The lowest BCUT2D eigenvalue weighted by Gasteiger charge is -2.23. The summed E-state index contributed by atoms with van der Waals surface area (Å²) < 4.78 is 18.4. The molecule has 1 aliphatic heterocycles. The van der Waals surface area contributed by atoms with Gasteiger partial charge < -0.3 is 10.1 Å². The molecule has 1 atom stereocenters. The summed E-state index contributed by atoms with van der Waals surface area (Å²) in [5.41, 5.74) is 0.805. The largest absolute Gasteiger partial charge is 0.496 e. The maximum absolute atomic E-state index is 13.2. The molecule has 0 amide bonds. The molecule has 1 fully saturated rings. The predicted octanol–water partition coefficient (Wildman–Crippen LogP) is 1.70. The van der Waals surface area contributed by atoms with Crippen molar-refractivity contribution in [3.05, 3.63) is 29.6 Å². The van der Waals surface area contributed by atoms with E-state index in [-0.39, 0.29) is 17.6 Å². The molecule has 0 spiro atoms. The molecule has 2 rings (SSSR count). The van der Waals surface area contributed by atoms with E-state index in [1.165, 1.54) is 12.1 Å². The highest BCUT2D eigenvalue weighted by Gasteiger charge is 2.20. The average Bonchev–Trinajstić information content (AvgIpc) is 2.29. The summed E-state index contributed by atoms with van der Waals surface area (Å²) in [6, 6.07) is 4.56. The maximum Gasteiger partial charge on any atom is 0.135 e. The number of carbonyl (C=O) groups is 1. The first-order chi connectivity index (χ1) is 8.19. The fourth-order valence-electron chi connectivity index (χ4n) is 2.18. The maximum atomic E-state index is 13.2. The van der Waals surface area contributed by atoms with Gasteiger partial charge >= 0.3 is 0 Å². The highest BCUT2D eigenvalue weighted by Crippen LogP contribution is 2.22. The number of rotatable bonds is 3. The van der Waals surface area contributed by atoms with Crippen LogP contribution in [0.25, 0.3) is 0 Å². The number of carbonyl (C=O) groups excluding carboxylic acids is 1. The minimum atomic E-state index is -0.275. The van der Waals surface area contributed by atoms with E-state index >= 15 is 0 Å². The van der Waals surface area contributed by atoms with Gasteiger partial charge in [0.2, 0.25) is 0 Å². The molecule has 0 aliphatic carbocycles. The topological polar surface area (TPSA) is 38.3 Å². The molecule has 1 aliphatic rings. The summed E-state index contributed by atoms with van der Waals surface area (Å²) in [5.74, 6) is 0.665. The first-order valence-corrected chi connectivity index (χ1v) is 5.76. The lowest BCUT2D eigenvalue weighted by Crippen LogP contribution is -2.39. The number of ketones is 1. The van der Waals surface area contributed by atoms with Crippen LogP contribution in [0.5, 0.6) is 5.75 Å². The first-order valence-electron chi connectivity index (χ1n) is 5.76. The Bertz CT molecular complexity index is 420. The molecule has 1 N–H and O–H groups in total. The van der Waals surface area contributed by atoms with E-state index in [4.69, 9.17) is 4.74 Å². The SMILES string of the molecule is COc1ccc(F)cc1CC1CC(=O)CCN1. The van der Waals surface area contributed by atoms with Crippen molar-refractivity contribution in [2.24, 2.45) is 0 Å². The van der Waals surface area contributed by atoms with Crippen LogP contribution in [0.4, 0.5) is 4.39 Å². The van der Waals surface area contributed by atoms with Crippen molar-refractivity contribution in [2.75, 3.05) is 13.7 Å². The molecule has 0 aromatic heterocycles. The first kappa shape index (κ1) is 12.0. The highest BCUT2D eigenvalue weighted by atomic mass is 19.1. The van der Waals surface area contributed by atoms with Crippen molar-refractivity contribution in [3.63, 3.8) is 0 Å². The monoisotopic (exact) mass is 237 g/mol. The lowest BCUT2D eigenvalue weighted by molar-refractivity contribution is -0.120. The molecule has 0 saturated carbocycles. The van der Waals surface area contributed by atoms with E-state index < -0.39 is 0 Å². The van der Waals surface area contributed by atoms with E-state index in [9.17, 15) is 9.18 Å². The zero-order chi connectivity index (χ0) is 12.3. The van der Waals surface area contributed by atoms with Crippen molar-refractivity contribution in [1.29, 1.82) is 0 Å². The van der Waals surface area contributed by atoms with Crippen LogP contribution in [0.3, 0.4) is 0 Å². The number of piperidine rings is 1. The number of benzene rings is 1. The lowest BCUT2D eigenvalue weighted by atomic mass is 9.96. The minimum absolute atomic E-state index is 0.0898. The summed E-state index contributed by atoms with van der Waals surface area (Å²) in [5, 5.41) is 3.27. The average molecular weight is 237 g/mol. The number of hydrogen-bond acceptors (Lipinski definition) is 3. The molecule has 1 unspecified atom stereocenters. The van der Waals surface area contributed by atoms with Gasteiger partial charge in [-0.1, -0.05) is 0 Å². The predicted molar refractivity (Wildman–Crippen MR) is 62.7 cm³/mol. The molecule has 1 aromatic rings. The highest BCUT2D eigenvalue weighted by molar-refractivity contribution is 5.80. The fourth-order valence-corrected chi connectivity index (χ4v) is 2.18. The molecule has 4 heteroatoms. The summed E-state index contributed by atoms with van der Waals surface area (Å²) >= 11 is 0. The van der Waals surface area contributed by atoms with Crippen LogP contribution < -0.4 is 10.1 Å². The summed E-state index contributed by atoms with van der Waals surface area (Å²) in [7, 11) is 1.57. The standard InChI is InChI=1S/C13H16FNO2/c1-17-13-3-2-10(14)6-9(13)7-11-8-12(16)4-5-15-11/h2-3,6,11,15H,4-5,7-8H2,1H3. The molecule has 0 bridgehead atoms. The van der Waals surface area contributed by atoms with Crippen LogP contribution in [-0.2, 0) is 11.2 Å². The van der Waals surface area contributed by atoms with Crippen molar-refractivity contribution in [1.82, 2.24) is 5.32 Å². The van der Waals surface area contributed by atoms with Crippen LogP contribution in [-0.4, -0.2) is 25.5 Å². The molecule has 1 saturated heterocycles. The number of methoxy groups -OCH3 is 1. The van der Waals surface area contributed by atoms with Gasteiger partial charge in [-0.3, -0.25) is 4.79 Å². The molecular formula is C13H16FNO2. The Labute approximate surface area is 100.0 Å². The van der Waals surface area contributed by atoms with Gasteiger partial charge in [-0.05, 0) is 30.2 Å². The van der Waals surface area contributed by atoms with Crippen LogP contribution in [0.15, 0.2) is 18.2 Å². The second-order valence-corrected chi connectivity index (χ2v) is 4.30. The van der Waals surface area contributed by atoms with E-state index in [0.717, 1.165) is 5.56 Å². The molecule has 92 valence electrons.